The molecule has 0 amide bonds. The highest BCUT2D eigenvalue weighted by molar-refractivity contribution is 6.31. The van der Waals surface area contributed by atoms with Crippen LogP contribution in [0.4, 0.5) is 5.69 Å². The van der Waals surface area contributed by atoms with E-state index in [-0.39, 0.29) is 5.54 Å². The summed E-state index contributed by atoms with van der Waals surface area (Å²) in [7, 11) is 0. The molecule has 0 saturated carbocycles. The van der Waals surface area contributed by atoms with E-state index in [2.05, 4.69) is 37.1 Å². The normalized spacial score (nSPS) is 18.6. The second-order valence-corrected chi connectivity index (χ2v) is 5.94. The van der Waals surface area contributed by atoms with Crippen LogP contribution < -0.4 is 10.2 Å². The Bertz CT molecular complexity index is 434. The van der Waals surface area contributed by atoms with Gasteiger partial charge in [-0.1, -0.05) is 24.6 Å². The van der Waals surface area contributed by atoms with E-state index in [1.54, 1.807) is 0 Å². The second kappa shape index (κ2) is 6.12. The van der Waals surface area contributed by atoms with E-state index in [1.807, 2.05) is 12.1 Å². The standard InChI is InChI=1S/C15H23ClN2O/c1-4-17-10-12-13(16)6-5-7-14(12)18-8-9-19-11-15(18,2)3/h5-7,17H,4,8-11H2,1-3H3. The molecule has 2 rings (SSSR count). The van der Waals surface area contributed by atoms with Crippen LogP contribution in [0.2, 0.25) is 5.02 Å². The van der Waals surface area contributed by atoms with Crippen LogP contribution >= 0.6 is 11.6 Å². The number of halogens is 1. The Balaban J connectivity index is 2.34. The Morgan fingerprint density at radius 3 is 2.89 bits per heavy atom. The molecular weight excluding hydrogens is 260 g/mol. The first-order valence-corrected chi connectivity index (χ1v) is 7.27. The van der Waals surface area contributed by atoms with Crippen molar-refractivity contribution in [2.24, 2.45) is 0 Å². The third kappa shape index (κ3) is 3.22. The summed E-state index contributed by atoms with van der Waals surface area (Å²) in [5, 5.41) is 4.20. The smallest absolute Gasteiger partial charge is 0.0694 e. The SMILES string of the molecule is CCNCc1c(Cl)cccc1N1CCOCC1(C)C. The van der Waals surface area contributed by atoms with Gasteiger partial charge in [0.05, 0.1) is 18.8 Å². The van der Waals surface area contributed by atoms with Crippen molar-refractivity contribution < 1.29 is 4.74 Å². The molecule has 1 N–H and O–H groups in total. The quantitative estimate of drug-likeness (QED) is 0.919. The van der Waals surface area contributed by atoms with Gasteiger partial charge >= 0.3 is 0 Å². The van der Waals surface area contributed by atoms with Gasteiger partial charge in [-0.05, 0) is 32.5 Å². The van der Waals surface area contributed by atoms with Crippen LogP contribution in [0, 0.1) is 0 Å². The largest absolute Gasteiger partial charge is 0.377 e. The molecule has 0 unspecified atom stereocenters. The maximum atomic E-state index is 6.38. The summed E-state index contributed by atoms with van der Waals surface area (Å²) >= 11 is 6.38. The van der Waals surface area contributed by atoms with E-state index in [0.717, 1.165) is 37.9 Å². The maximum Gasteiger partial charge on any atom is 0.0694 e. The van der Waals surface area contributed by atoms with Gasteiger partial charge in [-0.3, -0.25) is 0 Å². The summed E-state index contributed by atoms with van der Waals surface area (Å²) in [6, 6.07) is 6.15. The Labute approximate surface area is 120 Å². The molecule has 1 heterocycles. The Morgan fingerprint density at radius 1 is 1.42 bits per heavy atom. The summed E-state index contributed by atoms with van der Waals surface area (Å²) in [6.07, 6.45) is 0. The zero-order valence-corrected chi connectivity index (χ0v) is 12.8. The second-order valence-electron chi connectivity index (χ2n) is 5.53. The first-order valence-electron chi connectivity index (χ1n) is 6.90. The Morgan fingerprint density at radius 2 is 2.21 bits per heavy atom. The lowest BCUT2D eigenvalue weighted by Crippen LogP contribution is -2.53. The van der Waals surface area contributed by atoms with E-state index in [1.165, 1.54) is 11.3 Å². The van der Waals surface area contributed by atoms with E-state index in [4.69, 9.17) is 16.3 Å². The van der Waals surface area contributed by atoms with Crippen LogP contribution in [0.25, 0.3) is 0 Å². The van der Waals surface area contributed by atoms with Gasteiger partial charge < -0.3 is 15.0 Å². The van der Waals surface area contributed by atoms with Crippen LogP contribution in [0.15, 0.2) is 18.2 Å². The van der Waals surface area contributed by atoms with Crippen molar-refractivity contribution in [1.82, 2.24) is 5.32 Å². The number of benzene rings is 1. The van der Waals surface area contributed by atoms with E-state index in [9.17, 15) is 0 Å². The fourth-order valence-corrected chi connectivity index (χ4v) is 2.77. The van der Waals surface area contributed by atoms with E-state index < -0.39 is 0 Å². The predicted molar refractivity (Wildman–Crippen MR) is 81.1 cm³/mol. The zero-order valence-electron chi connectivity index (χ0n) is 12.0. The average molecular weight is 283 g/mol. The molecule has 3 nitrogen and oxygen atoms in total. The third-order valence-corrected chi connectivity index (χ3v) is 3.94. The molecule has 0 aliphatic carbocycles. The number of anilines is 1. The fraction of sp³-hybridized carbons (Fsp3) is 0.600. The Kier molecular flexibility index (Phi) is 4.71. The van der Waals surface area contributed by atoms with Crippen LogP contribution in [-0.4, -0.2) is 31.8 Å². The van der Waals surface area contributed by atoms with Crippen molar-refractivity contribution in [3.63, 3.8) is 0 Å². The highest BCUT2D eigenvalue weighted by Crippen LogP contribution is 2.33. The van der Waals surface area contributed by atoms with Crippen molar-refractivity contribution in [2.45, 2.75) is 32.9 Å². The molecule has 0 radical (unpaired) electrons. The van der Waals surface area contributed by atoms with Crippen LogP contribution in [0.5, 0.6) is 0 Å². The van der Waals surface area contributed by atoms with Gasteiger partial charge in [-0.25, -0.2) is 0 Å². The molecule has 1 saturated heterocycles. The van der Waals surface area contributed by atoms with Crippen molar-refractivity contribution in [3.8, 4) is 0 Å². The van der Waals surface area contributed by atoms with Gasteiger partial charge in [0.25, 0.3) is 0 Å². The number of nitrogens with one attached hydrogen (secondary N) is 1. The van der Waals surface area contributed by atoms with E-state index in [0.29, 0.717) is 0 Å². The molecule has 19 heavy (non-hydrogen) atoms. The molecule has 0 atom stereocenters. The topological polar surface area (TPSA) is 24.5 Å². The van der Waals surface area contributed by atoms with Gasteiger partial charge in [0.1, 0.15) is 0 Å². The summed E-state index contributed by atoms with van der Waals surface area (Å²) in [5.74, 6) is 0. The molecule has 106 valence electrons. The van der Waals surface area contributed by atoms with Gasteiger partial charge in [0.2, 0.25) is 0 Å². The number of rotatable bonds is 4. The minimum atomic E-state index is 0.00387. The van der Waals surface area contributed by atoms with Crippen LogP contribution in [-0.2, 0) is 11.3 Å². The lowest BCUT2D eigenvalue weighted by Gasteiger charge is -2.44. The molecule has 1 aliphatic rings. The molecule has 1 aromatic rings. The fourth-order valence-electron chi connectivity index (χ4n) is 2.53. The lowest BCUT2D eigenvalue weighted by atomic mass is 9.99. The lowest BCUT2D eigenvalue weighted by molar-refractivity contribution is 0.0643. The van der Waals surface area contributed by atoms with Gasteiger partial charge in [0.15, 0.2) is 0 Å². The first kappa shape index (κ1) is 14.6. The predicted octanol–water partition coefficient (Wildman–Crippen LogP) is 3.06. The summed E-state index contributed by atoms with van der Waals surface area (Å²) in [6.45, 7) is 10.7. The minimum Gasteiger partial charge on any atom is -0.377 e. The minimum absolute atomic E-state index is 0.00387. The van der Waals surface area contributed by atoms with Gasteiger partial charge in [-0.2, -0.15) is 0 Å². The number of hydrogen-bond donors (Lipinski definition) is 1. The molecule has 1 aromatic carbocycles. The molecular formula is C15H23ClN2O. The average Bonchev–Trinajstić information content (AvgIpc) is 2.37. The highest BCUT2D eigenvalue weighted by Gasteiger charge is 2.32. The van der Waals surface area contributed by atoms with Crippen LogP contribution in [0.1, 0.15) is 26.3 Å². The summed E-state index contributed by atoms with van der Waals surface area (Å²) in [5.41, 5.74) is 2.41. The molecule has 0 aromatic heterocycles. The zero-order chi connectivity index (χ0) is 13.9. The maximum absolute atomic E-state index is 6.38. The van der Waals surface area contributed by atoms with Crippen molar-refractivity contribution in [3.05, 3.63) is 28.8 Å². The highest BCUT2D eigenvalue weighted by atomic mass is 35.5. The third-order valence-electron chi connectivity index (χ3n) is 3.58. The first-order chi connectivity index (χ1) is 9.06. The van der Waals surface area contributed by atoms with Crippen molar-refractivity contribution in [2.75, 3.05) is 31.2 Å². The van der Waals surface area contributed by atoms with Crippen LogP contribution in [0.3, 0.4) is 0 Å². The molecule has 0 spiro atoms. The number of hydrogen-bond acceptors (Lipinski definition) is 3. The molecule has 1 aliphatic heterocycles. The Hall–Kier alpha value is -0.770. The van der Waals surface area contributed by atoms with E-state index >= 15 is 0 Å². The van der Waals surface area contributed by atoms with Crippen molar-refractivity contribution in [1.29, 1.82) is 0 Å². The number of morpholine rings is 1. The molecule has 0 bridgehead atoms. The molecule has 1 fully saturated rings. The monoisotopic (exact) mass is 282 g/mol. The number of ether oxygens (including phenoxy) is 1. The summed E-state index contributed by atoms with van der Waals surface area (Å²) in [4.78, 5) is 2.41. The van der Waals surface area contributed by atoms with Crippen molar-refractivity contribution >= 4 is 17.3 Å². The van der Waals surface area contributed by atoms with Gasteiger partial charge in [0, 0.05) is 29.4 Å². The number of nitrogens with zero attached hydrogens (tertiary/aromatic N) is 1. The molecule has 4 heteroatoms. The van der Waals surface area contributed by atoms with Gasteiger partial charge in [-0.15, -0.1) is 0 Å². The summed E-state index contributed by atoms with van der Waals surface area (Å²) < 4.78 is 5.60.